The van der Waals surface area contributed by atoms with E-state index in [1.54, 1.807) is 29.1 Å². The van der Waals surface area contributed by atoms with Gasteiger partial charge in [-0.05, 0) is 56.0 Å². The molecule has 5 rings (SSSR count). The fraction of sp³-hybridized carbons (Fsp3) is 0.450. The van der Waals surface area contributed by atoms with Crippen LogP contribution in [0.2, 0.25) is 5.02 Å². The van der Waals surface area contributed by atoms with Gasteiger partial charge in [-0.2, -0.15) is 5.10 Å². The molecule has 0 unspecified atom stereocenters. The van der Waals surface area contributed by atoms with Crippen molar-refractivity contribution in [2.75, 3.05) is 13.2 Å². The van der Waals surface area contributed by atoms with Crippen molar-refractivity contribution >= 4 is 23.4 Å². The number of aromatic nitrogens is 2. The number of carbonyl (C=O) groups excluding carboxylic acids is 2. The molecule has 2 aromatic rings. The van der Waals surface area contributed by atoms with Gasteiger partial charge in [-0.25, -0.2) is 0 Å². The van der Waals surface area contributed by atoms with Crippen LogP contribution < -0.4 is 15.4 Å². The summed E-state index contributed by atoms with van der Waals surface area (Å²) in [5.41, 5.74) is 0.348. The molecule has 3 saturated carbocycles. The van der Waals surface area contributed by atoms with Gasteiger partial charge in [0.05, 0.1) is 12.0 Å². The normalized spacial score (nSPS) is 24.6. The number of benzene rings is 1. The average Bonchev–Trinajstić information content (AvgIpc) is 3.11. The van der Waals surface area contributed by atoms with Gasteiger partial charge in [0.1, 0.15) is 5.75 Å². The number of amides is 2. The summed E-state index contributed by atoms with van der Waals surface area (Å²) in [6.45, 7) is 3.04. The summed E-state index contributed by atoms with van der Waals surface area (Å²) >= 11 is 5.99. The summed E-state index contributed by atoms with van der Waals surface area (Å²) in [7, 11) is 0. The highest BCUT2D eigenvalue weighted by molar-refractivity contribution is 6.31. The Bertz CT molecular complexity index is 877. The molecule has 0 spiro atoms. The van der Waals surface area contributed by atoms with E-state index in [9.17, 15) is 9.59 Å². The fourth-order valence-electron chi connectivity index (χ4n) is 4.25. The highest BCUT2D eigenvalue weighted by atomic mass is 35.5. The van der Waals surface area contributed by atoms with Crippen LogP contribution in [0.15, 0.2) is 36.7 Å². The minimum absolute atomic E-state index is 0.0497. The number of carbonyl (C=O) groups is 2. The van der Waals surface area contributed by atoms with E-state index in [1.807, 2.05) is 19.2 Å². The Kier molecular flexibility index (Phi) is 4.79. The largest absolute Gasteiger partial charge is 0.484 e. The third-order valence-electron chi connectivity index (χ3n) is 5.60. The van der Waals surface area contributed by atoms with Crippen LogP contribution in [0, 0.1) is 12.3 Å². The van der Waals surface area contributed by atoms with Crippen molar-refractivity contribution in [3.63, 3.8) is 0 Å². The number of halogens is 1. The standard InChI is InChI=1S/C20H23ClN4O3/c1-14-9-15(3-4-16(14)21)28-10-17(26)24-20-11-19(12-20,13-20)18(27)22-6-8-25-7-2-5-23-25/h2-5,7,9H,6,8,10-13H2,1H3,(H,22,27)(H,24,26). The summed E-state index contributed by atoms with van der Waals surface area (Å²) in [5.74, 6) is 0.520. The van der Waals surface area contributed by atoms with Crippen molar-refractivity contribution < 1.29 is 14.3 Å². The molecule has 1 aromatic carbocycles. The molecule has 2 N–H and O–H groups in total. The molecule has 2 bridgehead atoms. The minimum atomic E-state index is -0.314. The third-order valence-corrected chi connectivity index (χ3v) is 6.03. The van der Waals surface area contributed by atoms with Gasteiger partial charge in [0, 0.05) is 29.5 Å². The molecule has 0 aliphatic heterocycles. The SMILES string of the molecule is Cc1cc(OCC(=O)NC23CC(C(=O)NCCn4cccn4)(C2)C3)ccc1Cl. The third kappa shape index (κ3) is 3.58. The Morgan fingerprint density at radius 2 is 2.11 bits per heavy atom. The summed E-state index contributed by atoms with van der Waals surface area (Å²) in [5, 5.41) is 10.8. The van der Waals surface area contributed by atoms with Crippen molar-refractivity contribution in [2.24, 2.45) is 5.41 Å². The molecule has 0 atom stereocenters. The molecule has 0 saturated heterocycles. The van der Waals surface area contributed by atoms with Gasteiger partial charge in [-0.1, -0.05) is 11.6 Å². The van der Waals surface area contributed by atoms with Gasteiger partial charge in [0.25, 0.3) is 5.91 Å². The molecule has 0 radical (unpaired) electrons. The molecular weight excluding hydrogens is 380 g/mol. The maximum Gasteiger partial charge on any atom is 0.258 e. The first-order valence-electron chi connectivity index (χ1n) is 9.36. The zero-order chi connectivity index (χ0) is 19.8. The lowest BCUT2D eigenvalue weighted by Gasteiger charge is -2.69. The topological polar surface area (TPSA) is 85.2 Å². The van der Waals surface area contributed by atoms with Crippen molar-refractivity contribution in [1.29, 1.82) is 0 Å². The van der Waals surface area contributed by atoms with Crippen LogP contribution in [0.4, 0.5) is 0 Å². The molecular formula is C20H23ClN4O3. The van der Waals surface area contributed by atoms with Crippen LogP contribution in [0.5, 0.6) is 5.75 Å². The second-order valence-electron chi connectivity index (χ2n) is 7.86. The minimum Gasteiger partial charge on any atom is -0.484 e. The number of rotatable bonds is 8. The first kappa shape index (κ1) is 18.8. The molecule has 1 heterocycles. The van der Waals surface area contributed by atoms with Crippen molar-refractivity contribution in [3.05, 3.63) is 47.2 Å². The molecule has 28 heavy (non-hydrogen) atoms. The Hall–Kier alpha value is -2.54. The lowest BCUT2D eigenvalue weighted by molar-refractivity contribution is -0.183. The summed E-state index contributed by atoms with van der Waals surface area (Å²) < 4.78 is 7.32. The lowest BCUT2D eigenvalue weighted by Crippen LogP contribution is -2.78. The van der Waals surface area contributed by atoms with Gasteiger partial charge in [-0.3, -0.25) is 14.3 Å². The van der Waals surface area contributed by atoms with Crippen LogP contribution in [-0.2, 0) is 16.1 Å². The van der Waals surface area contributed by atoms with E-state index in [2.05, 4.69) is 15.7 Å². The zero-order valence-electron chi connectivity index (χ0n) is 15.7. The van der Waals surface area contributed by atoms with Crippen molar-refractivity contribution in [2.45, 2.75) is 38.3 Å². The molecule has 3 aliphatic carbocycles. The molecule has 7 nitrogen and oxygen atoms in total. The van der Waals surface area contributed by atoms with Gasteiger partial charge < -0.3 is 15.4 Å². The maximum atomic E-state index is 12.4. The monoisotopic (exact) mass is 402 g/mol. The number of nitrogens with one attached hydrogen (secondary N) is 2. The van der Waals surface area contributed by atoms with E-state index >= 15 is 0 Å². The summed E-state index contributed by atoms with van der Waals surface area (Å²) in [6, 6.07) is 7.15. The van der Waals surface area contributed by atoms with Crippen LogP contribution in [0.1, 0.15) is 24.8 Å². The predicted molar refractivity (Wildman–Crippen MR) is 104 cm³/mol. The van der Waals surface area contributed by atoms with E-state index in [-0.39, 0.29) is 29.4 Å². The fourth-order valence-corrected chi connectivity index (χ4v) is 4.37. The van der Waals surface area contributed by atoms with E-state index in [4.69, 9.17) is 16.3 Å². The van der Waals surface area contributed by atoms with Crippen molar-refractivity contribution in [3.8, 4) is 5.75 Å². The lowest BCUT2D eigenvalue weighted by atomic mass is 9.39. The molecule has 3 fully saturated rings. The van der Waals surface area contributed by atoms with Gasteiger partial charge >= 0.3 is 0 Å². The number of hydrogen-bond acceptors (Lipinski definition) is 4. The van der Waals surface area contributed by atoms with Crippen molar-refractivity contribution in [1.82, 2.24) is 20.4 Å². The molecule has 8 heteroatoms. The highest BCUT2D eigenvalue weighted by Gasteiger charge is 2.72. The molecule has 2 amide bonds. The Morgan fingerprint density at radius 3 is 2.79 bits per heavy atom. The number of nitrogens with zero attached hydrogens (tertiary/aromatic N) is 2. The average molecular weight is 403 g/mol. The van der Waals surface area contributed by atoms with E-state index in [0.29, 0.717) is 43.1 Å². The van der Waals surface area contributed by atoms with E-state index in [1.165, 1.54) is 0 Å². The highest BCUT2D eigenvalue weighted by Crippen LogP contribution is 2.67. The quantitative estimate of drug-likeness (QED) is 0.708. The number of hydrogen-bond donors (Lipinski definition) is 2. The van der Waals surface area contributed by atoms with Gasteiger partial charge in [-0.15, -0.1) is 0 Å². The number of aryl methyl sites for hydroxylation is 1. The number of ether oxygens (including phenoxy) is 1. The molecule has 1 aromatic heterocycles. The van der Waals surface area contributed by atoms with Crippen LogP contribution >= 0.6 is 11.6 Å². The Morgan fingerprint density at radius 1 is 1.32 bits per heavy atom. The summed E-state index contributed by atoms with van der Waals surface area (Å²) in [6.07, 6.45) is 5.66. The van der Waals surface area contributed by atoms with E-state index in [0.717, 1.165) is 5.56 Å². The van der Waals surface area contributed by atoms with Gasteiger partial charge in [0.15, 0.2) is 6.61 Å². The maximum absolute atomic E-state index is 12.4. The Labute approximate surface area is 168 Å². The molecule has 148 valence electrons. The van der Waals surface area contributed by atoms with E-state index < -0.39 is 0 Å². The van der Waals surface area contributed by atoms with Gasteiger partial charge in [0.2, 0.25) is 5.91 Å². The Balaban J connectivity index is 1.18. The zero-order valence-corrected chi connectivity index (χ0v) is 16.5. The summed E-state index contributed by atoms with van der Waals surface area (Å²) in [4.78, 5) is 24.6. The van der Waals surface area contributed by atoms with Crippen LogP contribution in [-0.4, -0.2) is 40.3 Å². The van der Waals surface area contributed by atoms with Crippen LogP contribution in [0.3, 0.4) is 0 Å². The second kappa shape index (κ2) is 7.13. The molecule has 3 aliphatic rings. The van der Waals surface area contributed by atoms with Crippen LogP contribution in [0.25, 0.3) is 0 Å². The first-order valence-corrected chi connectivity index (χ1v) is 9.73. The first-order chi connectivity index (χ1) is 13.4. The predicted octanol–water partition coefficient (Wildman–Crippen LogP) is 2.08. The second-order valence-corrected chi connectivity index (χ2v) is 8.27. The smallest absolute Gasteiger partial charge is 0.258 e.